The number of phenolic OH excluding ortho intramolecular Hbond substituents is 1. The van der Waals surface area contributed by atoms with Gasteiger partial charge in [-0.1, -0.05) is 0 Å². The molecule has 2 N–H and O–H groups in total. The van der Waals surface area contributed by atoms with Crippen molar-refractivity contribution in [3.05, 3.63) is 29.1 Å². The first-order valence-corrected chi connectivity index (χ1v) is 4.84. The number of carbonyl (C=O) groups excluding carboxylic acids is 1. The molecule has 0 bridgehead atoms. The quantitative estimate of drug-likeness (QED) is 0.756. The van der Waals surface area contributed by atoms with Gasteiger partial charge in [0.25, 0.3) is 0 Å². The number of hydrogen-bond acceptors (Lipinski definition) is 4. The van der Waals surface area contributed by atoms with Crippen LogP contribution in [0, 0.1) is 5.82 Å². The van der Waals surface area contributed by atoms with Crippen molar-refractivity contribution < 1.29 is 19.0 Å². The van der Waals surface area contributed by atoms with E-state index in [1.807, 2.05) is 0 Å². The summed E-state index contributed by atoms with van der Waals surface area (Å²) in [5.74, 6) is -2.23. The Balaban J connectivity index is 3.06. The molecule has 0 spiro atoms. The summed E-state index contributed by atoms with van der Waals surface area (Å²) >= 11 is 0. The standard InChI is InChI=1S/C11H14FNO3/c1-13-4-3-7-5-8(11(15)16-2)10(14)9(12)6-7/h5-6,13-14H,3-4H2,1-2H3. The van der Waals surface area contributed by atoms with Crippen molar-refractivity contribution in [3.8, 4) is 5.75 Å². The lowest BCUT2D eigenvalue weighted by Gasteiger charge is -2.07. The minimum absolute atomic E-state index is 0.145. The highest BCUT2D eigenvalue weighted by Gasteiger charge is 2.16. The van der Waals surface area contributed by atoms with Crippen molar-refractivity contribution in [3.63, 3.8) is 0 Å². The molecule has 88 valence electrons. The zero-order valence-electron chi connectivity index (χ0n) is 9.21. The minimum Gasteiger partial charge on any atom is -0.504 e. The van der Waals surface area contributed by atoms with Crippen molar-refractivity contribution in [1.29, 1.82) is 0 Å². The Hall–Kier alpha value is -1.62. The van der Waals surface area contributed by atoms with Gasteiger partial charge in [0.2, 0.25) is 0 Å². The molecule has 4 nitrogen and oxygen atoms in total. The van der Waals surface area contributed by atoms with Crippen LogP contribution in [0.15, 0.2) is 12.1 Å². The maximum Gasteiger partial charge on any atom is 0.341 e. The first kappa shape index (κ1) is 12.4. The molecule has 0 saturated carbocycles. The zero-order chi connectivity index (χ0) is 12.1. The molecule has 0 aliphatic carbocycles. The monoisotopic (exact) mass is 227 g/mol. The third-order valence-electron chi connectivity index (χ3n) is 2.19. The molecule has 0 heterocycles. The second-order valence-electron chi connectivity index (χ2n) is 3.32. The van der Waals surface area contributed by atoms with Gasteiger partial charge >= 0.3 is 5.97 Å². The molecule has 0 aliphatic heterocycles. The predicted octanol–water partition coefficient (Wildman–Crippen LogP) is 1.08. The molecule has 0 radical (unpaired) electrons. The smallest absolute Gasteiger partial charge is 0.341 e. The molecule has 0 saturated heterocycles. The number of likely N-dealkylation sites (N-methyl/N-ethyl adjacent to an activating group) is 1. The molecule has 0 unspecified atom stereocenters. The summed E-state index contributed by atoms with van der Waals surface area (Å²) in [7, 11) is 2.96. The number of carbonyl (C=O) groups is 1. The van der Waals surface area contributed by atoms with Crippen molar-refractivity contribution >= 4 is 5.97 Å². The molecule has 1 aromatic rings. The van der Waals surface area contributed by atoms with E-state index in [2.05, 4.69) is 10.1 Å². The third kappa shape index (κ3) is 2.70. The van der Waals surface area contributed by atoms with Crippen LogP contribution in [0.4, 0.5) is 4.39 Å². The maximum absolute atomic E-state index is 13.3. The lowest BCUT2D eigenvalue weighted by molar-refractivity contribution is 0.0596. The van der Waals surface area contributed by atoms with Gasteiger partial charge in [-0.3, -0.25) is 0 Å². The Morgan fingerprint density at radius 2 is 2.25 bits per heavy atom. The van der Waals surface area contributed by atoms with Gasteiger partial charge in [0.15, 0.2) is 11.6 Å². The Labute approximate surface area is 93.0 Å². The summed E-state index contributed by atoms with van der Waals surface area (Å²) < 4.78 is 17.7. The van der Waals surface area contributed by atoms with E-state index >= 15 is 0 Å². The van der Waals surface area contributed by atoms with Gasteiger partial charge in [-0.2, -0.15) is 0 Å². The summed E-state index contributed by atoms with van der Waals surface area (Å²) in [6, 6.07) is 2.64. The molecular formula is C11H14FNO3. The number of methoxy groups -OCH3 is 1. The van der Waals surface area contributed by atoms with E-state index in [-0.39, 0.29) is 5.56 Å². The van der Waals surface area contributed by atoms with Gasteiger partial charge < -0.3 is 15.2 Å². The summed E-state index contributed by atoms with van der Waals surface area (Å²) in [6.07, 6.45) is 0.567. The van der Waals surface area contributed by atoms with Crippen LogP contribution in [-0.2, 0) is 11.2 Å². The first-order valence-electron chi connectivity index (χ1n) is 4.84. The fraction of sp³-hybridized carbons (Fsp3) is 0.364. The molecule has 0 aliphatic rings. The predicted molar refractivity (Wildman–Crippen MR) is 57.0 cm³/mol. The first-order chi connectivity index (χ1) is 7.60. The average molecular weight is 227 g/mol. The Kier molecular flexibility index (Phi) is 4.25. The van der Waals surface area contributed by atoms with Gasteiger partial charge in [0, 0.05) is 0 Å². The highest BCUT2D eigenvalue weighted by atomic mass is 19.1. The van der Waals surface area contributed by atoms with Gasteiger partial charge in [-0.25, -0.2) is 9.18 Å². The number of rotatable bonds is 4. The van der Waals surface area contributed by atoms with Crippen LogP contribution >= 0.6 is 0 Å². The molecule has 16 heavy (non-hydrogen) atoms. The fourth-order valence-corrected chi connectivity index (χ4v) is 1.33. The SMILES string of the molecule is CNCCc1cc(F)c(O)c(C(=O)OC)c1. The lowest BCUT2D eigenvalue weighted by Crippen LogP contribution is -2.11. The van der Waals surface area contributed by atoms with Gasteiger partial charge in [-0.15, -0.1) is 0 Å². The van der Waals surface area contributed by atoms with E-state index in [1.165, 1.54) is 19.2 Å². The van der Waals surface area contributed by atoms with E-state index in [1.54, 1.807) is 7.05 Å². The number of ether oxygens (including phenoxy) is 1. The number of nitrogens with one attached hydrogen (secondary N) is 1. The summed E-state index contributed by atoms with van der Waals surface area (Å²) in [4.78, 5) is 11.2. The largest absolute Gasteiger partial charge is 0.504 e. The van der Waals surface area contributed by atoms with Crippen LogP contribution in [0.3, 0.4) is 0 Å². The van der Waals surface area contributed by atoms with Crippen LogP contribution in [0.25, 0.3) is 0 Å². The second kappa shape index (κ2) is 5.46. The number of hydrogen-bond donors (Lipinski definition) is 2. The number of phenols is 1. The molecule has 1 rings (SSSR count). The molecule has 0 atom stereocenters. The zero-order valence-corrected chi connectivity index (χ0v) is 9.21. The summed E-state index contributed by atoms with van der Waals surface area (Å²) in [5, 5.41) is 12.3. The van der Waals surface area contributed by atoms with E-state index in [0.717, 1.165) is 0 Å². The topological polar surface area (TPSA) is 58.6 Å². The number of halogens is 1. The van der Waals surface area contributed by atoms with E-state index in [4.69, 9.17) is 0 Å². The second-order valence-corrected chi connectivity index (χ2v) is 3.32. The van der Waals surface area contributed by atoms with Crippen LogP contribution in [-0.4, -0.2) is 31.8 Å². The number of benzene rings is 1. The molecule has 5 heteroatoms. The summed E-state index contributed by atoms with van der Waals surface area (Å²) in [5.41, 5.74) is 0.485. The third-order valence-corrected chi connectivity index (χ3v) is 2.19. The minimum atomic E-state index is -0.811. The van der Waals surface area contributed by atoms with Crippen molar-refractivity contribution in [2.24, 2.45) is 0 Å². The average Bonchev–Trinajstić information content (AvgIpc) is 2.29. The highest BCUT2D eigenvalue weighted by molar-refractivity contribution is 5.92. The van der Waals surface area contributed by atoms with Crippen molar-refractivity contribution in [2.45, 2.75) is 6.42 Å². The highest BCUT2D eigenvalue weighted by Crippen LogP contribution is 2.24. The van der Waals surface area contributed by atoms with E-state index in [9.17, 15) is 14.3 Å². The van der Waals surface area contributed by atoms with Crippen LogP contribution in [0.5, 0.6) is 5.75 Å². The Morgan fingerprint density at radius 3 is 2.81 bits per heavy atom. The Morgan fingerprint density at radius 1 is 1.56 bits per heavy atom. The van der Waals surface area contributed by atoms with E-state index in [0.29, 0.717) is 18.5 Å². The van der Waals surface area contributed by atoms with Crippen molar-refractivity contribution in [2.75, 3.05) is 20.7 Å². The summed E-state index contributed by atoms with van der Waals surface area (Å²) in [6.45, 7) is 0.658. The van der Waals surface area contributed by atoms with Crippen LogP contribution in [0.1, 0.15) is 15.9 Å². The molecule has 0 aromatic heterocycles. The lowest BCUT2D eigenvalue weighted by atomic mass is 10.1. The van der Waals surface area contributed by atoms with Gasteiger partial charge in [-0.05, 0) is 37.7 Å². The van der Waals surface area contributed by atoms with Crippen molar-refractivity contribution in [1.82, 2.24) is 5.32 Å². The molecule has 1 aromatic carbocycles. The number of aromatic hydroxyl groups is 1. The van der Waals surface area contributed by atoms with E-state index < -0.39 is 17.5 Å². The maximum atomic E-state index is 13.3. The molecular weight excluding hydrogens is 213 g/mol. The molecule has 0 amide bonds. The Bertz CT molecular complexity index is 393. The van der Waals surface area contributed by atoms with Gasteiger partial charge in [0.1, 0.15) is 5.56 Å². The normalized spacial score (nSPS) is 10.2. The number of esters is 1. The van der Waals surface area contributed by atoms with Crippen LogP contribution < -0.4 is 5.32 Å². The van der Waals surface area contributed by atoms with Gasteiger partial charge in [0.05, 0.1) is 7.11 Å². The van der Waals surface area contributed by atoms with Crippen LogP contribution in [0.2, 0.25) is 0 Å². The molecule has 0 fully saturated rings. The fourth-order valence-electron chi connectivity index (χ4n) is 1.33.